The van der Waals surface area contributed by atoms with Crippen molar-refractivity contribution in [2.75, 3.05) is 0 Å². The smallest absolute Gasteiger partial charge is 0.483 e. The molecule has 1 rings (SSSR count). The average Bonchev–Trinajstić information content (AvgIpc) is 2.07. The lowest BCUT2D eigenvalue weighted by atomic mass is 10.2. The van der Waals surface area contributed by atoms with Crippen LogP contribution in [0.1, 0.15) is 5.56 Å². The van der Waals surface area contributed by atoms with Gasteiger partial charge < -0.3 is 5.11 Å². The van der Waals surface area contributed by atoms with Crippen molar-refractivity contribution in [1.82, 2.24) is 0 Å². The summed E-state index contributed by atoms with van der Waals surface area (Å²) in [7, 11) is 0. The molecule has 0 heterocycles. The van der Waals surface area contributed by atoms with Crippen molar-refractivity contribution in [3.05, 3.63) is 29.8 Å². The first-order valence-corrected chi connectivity index (χ1v) is 8.04. The van der Waals surface area contributed by atoms with Crippen molar-refractivity contribution in [2.45, 2.75) is 6.92 Å². The van der Waals surface area contributed by atoms with Crippen LogP contribution >= 0.6 is 12.9 Å². The average molecular weight is 241 g/mol. The molecule has 0 bridgehead atoms. The highest BCUT2D eigenvalue weighted by Crippen LogP contribution is 1.92. The quantitative estimate of drug-likeness (QED) is 0.595. The van der Waals surface area contributed by atoms with Crippen LogP contribution < -0.4 is 3.69 Å². The zero-order valence-electron chi connectivity index (χ0n) is 6.83. The van der Waals surface area contributed by atoms with Crippen LogP contribution in [0.3, 0.4) is 0 Å². The molecule has 12 heavy (non-hydrogen) atoms. The molecule has 0 aliphatic heterocycles. The van der Waals surface area contributed by atoms with E-state index in [9.17, 15) is 0 Å². The van der Waals surface area contributed by atoms with E-state index in [4.69, 9.17) is 9.90 Å². The Morgan fingerprint density at radius 2 is 1.83 bits per heavy atom. The number of hydrogen-bond acceptors (Lipinski definition) is 1. The van der Waals surface area contributed by atoms with Crippen molar-refractivity contribution in [3.8, 4) is 0 Å². The van der Waals surface area contributed by atoms with Crippen molar-refractivity contribution < 1.29 is 9.90 Å². The topological polar surface area (TPSA) is 37.3 Å². The van der Waals surface area contributed by atoms with Gasteiger partial charge in [0.25, 0.3) is 6.47 Å². The second-order valence-electron chi connectivity index (χ2n) is 2.22. The monoisotopic (exact) mass is 240 g/mol. The van der Waals surface area contributed by atoms with Gasteiger partial charge in [0.2, 0.25) is 0 Å². The molecule has 0 unspecified atom stereocenters. The first kappa shape index (κ1) is 11.9. The number of carbonyl (C=O) groups is 1. The maximum Gasteiger partial charge on any atom is 0.506 e. The Balaban J connectivity index is 0.000000354. The third-order valence-corrected chi connectivity index (χ3v) is 4.00. The number of rotatable bonds is 1. The minimum absolute atomic E-state index is 0.112. The van der Waals surface area contributed by atoms with Gasteiger partial charge in [0.1, 0.15) is 0 Å². The molecule has 1 N–H and O–H groups in total. The molecule has 0 amide bonds. The molecule has 0 aliphatic carbocycles. The van der Waals surface area contributed by atoms with Gasteiger partial charge in [-0.2, -0.15) is 3.69 Å². The van der Waals surface area contributed by atoms with E-state index in [-0.39, 0.29) is 24.7 Å². The van der Waals surface area contributed by atoms with Gasteiger partial charge in [-0.3, -0.25) is 17.7 Å². The summed E-state index contributed by atoms with van der Waals surface area (Å²) in [5.41, 5.74) is 1.34. The zero-order chi connectivity index (χ0) is 9.40. The fourth-order valence-electron chi connectivity index (χ4n) is 0.677. The second kappa shape index (κ2) is 7.58. The summed E-state index contributed by atoms with van der Waals surface area (Å²) in [6.07, 6.45) is 0. The Hall–Kier alpha value is -0.0638. The van der Waals surface area contributed by atoms with Crippen LogP contribution in [0.25, 0.3) is 0 Å². The van der Waals surface area contributed by atoms with Gasteiger partial charge in [0.15, 0.2) is 0 Å². The van der Waals surface area contributed by atoms with Crippen LogP contribution in [0.5, 0.6) is 0 Å². The van der Waals surface area contributed by atoms with Crippen molar-refractivity contribution in [1.29, 1.82) is 0 Å². The maximum atomic E-state index is 8.36. The Morgan fingerprint density at radius 1 is 1.42 bits per heavy atom. The van der Waals surface area contributed by atoms with E-state index in [1.54, 1.807) is 0 Å². The number of benzene rings is 1. The number of halogens is 1. The Morgan fingerprint density at radius 3 is 2.17 bits per heavy atom. The summed E-state index contributed by atoms with van der Waals surface area (Å²) in [6, 6.07) is 8.69. The third kappa shape index (κ3) is 5.57. The van der Waals surface area contributed by atoms with Crippen LogP contribution in [-0.2, 0) is 4.79 Å². The molecule has 0 saturated carbocycles. The highest BCUT2D eigenvalue weighted by Gasteiger charge is 1.91. The Kier molecular flexibility index (Phi) is 7.54. The van der Waals surface area contributed by atoms with Gasteiger partial charge in [-0.05, 0) is 6.92 Å². The Labute approximate surface area is 87.6 Å². The molecule has 0 radical (unpaired) electrons. The van der Waals surface area contributed by atoms with Gasteiger partial charge in [0, 0.05) is 0 Å². The molecule has 4 heteroatoms. The maximum absolute atomic E-state index is 8.36. The summed E-state index contributed by atoms with van der Waals surface area (Å²) < 4.78 is 1.47. The summed E-state index contributed by atoms with van der Waals surface area (Å²) in [6.45, 7) is 1.86. The van der Waals surface area contributed by atoms with E-state index in [2.05, 4.69) is 44.1 Å². The highest BCUT2D eigenvalue weighted by molar-refractivity contribution is 9.23. The molecule has 62 valence electrons. The second-order valence-corrected chi connectivity index (χ2v) is 4.99. The van der Waals surface area contributed by atoms with Gasteiger partial charge in [-0.15, -0.1) is 0 Å². The molecular formula is C8H9BrMgO2. The molecule has 0 fully saturated rings. The molecular weight excluding hydrogens is 232 g/mol. The van der Waals surface area contributed by atoms with Crippen LogP contribution in [-0.4, -0.2) is 29.8 Å². The van der Waals surface area contributed by atoms with Crippen LogP contribution in [0.15, 0.2) is 24.3 Å². The van der Waals surface area contributed by atoms with Gasteiger partial charge in [0.05, 0.1) is 0 Å². The zero-order valence-corrected chi connectivity index (χ0v) is 9.83. The molecule has 2 nitrogen and oxygen atoms in total. The first-order valence-electron chi connectivity index (χ1n) is 3.44. The summed E-state index contributed by atoms with van der Waals surface area (Å²) in [4.78, 5) is 8.36. The first-order chi connectivity index (χ1) is 5.74. The summed E-state index contributed by atoms with van der Waals surface area (Å²) >= 11 is 3.41. The molecule has 1 aromatic carbocycles. The van der Waals surface area contributed by atoms with Crippen LogP contribution in [0.4, 0.5) is 0 Å². The Bertz CT molecular complexity index is 223. The molecule has 0 saturated heterocycles. The normalized spacial score (nSPS) is 7.50. The lowest BCUT2D eigenvalue weighted by Gasteiger charge is -1.93. The third-order valence-electron chi connectivity index (χ3n) is 1.27. The molecule has 0 aromatic heterocycles. The van der Waals surface area contributed by atoms with Gasteiger partial charge in [-0.1, -0.05) is 29.8 Å². The number of aryl methyl sites for hydroxylation is 1. The molecule has 0 spiro atoms. The lowest BCUT2D eigenvalue weighted by molar-refractivity contribution is -0.122. The van der Waals surface area contributed by atoms with E-state index in [1.165, 1.54) is 9.26 Å². The lowest BCUT2D eigenvalue weighted by Crippen LogP contribution is -2.06. The largest absolute Gasteiger partial charge is 0.506 e. The predicted octanol–water partition coefficient (Wildman–Crippen LogP) is 1.34. The molecule has 0 aliphatic rings. The van der Waals surface area contributed by atoms with E-state index in [0.717, 1.165) is 0 Å². The van der Waals surface area contributed by atoms with E-state index in [1.807, 2.05) is 0 Å². The van der Waals surface area contributed by atoms with Crippen molar-refractivity contribution >= 4 is 41.2 Å². The summed E-state index contributed by atoms with van der Waals surface area (Å²) in [5.74, 6) is 0. The van der Waals surface area contributed by atoms with E-state index in [0.29, 0.717) is 0 Å². The van der Waals surface area contributed by atoms with Gasteiger partial charge >= 0.3 is 18.2 Å². The SMILES string of the molecule is Cc1cc[c]([Mg][Br])cc1.O=CO. The minimum atomic E-state index is -0.250. The summed E-state index contributed by atoms with van der Waals surface area (Å²) in [5, 5.41) is 6.89. The molecule has 0 atom stereocenters. The van der Waals surface area contributed by atoms with Crippen molar-refractivity contribution in [3.63, 3.8) is 0 Å². The minimum Gasteiger partial charge on any atom is -0.483 e. The number of carboxylic acid groups (broad SMARTS) is 1. The van der Waals surface area contributed by atoms with Gasteiger partial charge in [-0.25, -0.2) is 0 Å². The van der Waals surface area contributed by atoms with Crippen molar-refractivity contribution in [2.24, 2.45) is 0 Å². The predicted molar refractivity (Wildman–Crippen MR) is 54.2 cm³/mol. The standard InChI is InChI=1S/C7H7.CH2O2.BrH.Mg/c1-7-5-3-2-4-6-7;2-1-3;;/h3-6H,1H3;1H,(H,2,3);1H;/q;;;+1/p-1. The fourth-order valence-corrected chi connectivity index (χ4v) is 2.21. The fraction of sp³-hybridized carbons (Fsp3) is 0.125. The van der Waals surface area contributed by atoms with Crippen LogP contribution in [0.2, 0.25) is 0 Å². The van der Waals surface area contributed by atoms with Crippen LogP contribution in [0, 0.1) is 6.92 Å². The molecule has 1 aromatic rings. The highest BCUT2D eigenvalue weighted by atomic mass is 79.9. The number of hydrogen-bond donors (Lipinski definition) is 1. The van der Waals surface area contributed by atoms with E-state index < -0.39 is 0 Å². The van der Waals surface area contributed by atoms with E-state index >= 15 is 0 Å².